The fraction of sp³-hybridized carbons (Fsp3) is 0.500. The number of aromatic hydroxyl groups is 1. The molecule has 0 aromatic heterocycles. The molecule has 1 aliphatic heterocycles. The van der Waals surface area contributed by atoms with Gasteiger partial charge in [0.05, 0.1) is 13.7 Å². The summed E-state index contributed by atoms with van der Waals surface area (Å²) in [7, 11) is 3.19. The number of rotatable bonds is 4. The Morgan fingerprint density at radius 1 is 1.60 bits per heavy atom. The molecule has 6 heteroatoms. The molecule has 0 radical (unpaired) electrons. The number of carbonyl (C=O) groups excluding carboxylic acids is 1. The van der Waals surface area contributed by atoms with Crippen LogP contribution in [0.25, 0.3) is 0 Å². The first kappa shape index (κ1) is 14.6. The summed E-state index contributed by atoms with van der Waals surface area (Å²) in [4.78, 5) is 13.9. The summed E-state index contributed by atoms with van der Waals surface area (Å²) in [5.41, 5.74) is 5.99. The molecule has 1 saturated heterocycles. The quantitative estimate of drug-likeness (QED) is 0.838. The molecule has 1 atom stereocenters. The Morgan fingerprint density at radius 3 is 2.95 bits per heavy atom. The molecule has 3 N–H and O–H groups in total. The van der Waals surface area contributed by atoms with Gasteiger partial charge < -0.3 is 25.2 Å². The van der Waals surface area contributed by atoms with Gasteiger partial charge >= 0.3 is 0 Å². The van der Waals surface area contributed by atoms with Crippen molar-refractivity contribution < 1.29 is 19.4 Å². The Labute approximate surface area is 118 Å². The van der Waals surface area contributed by atoms with Crippen LogP contribution in [-0.2, 0) is 16.1 Å². The lowest BCUT2D eigenvalue weighted by molar-refractivity contribution is -0.136. The van der Waals surface area contributed by atoms with Crippen LogP contribution in [0.4, 0.5) is 0 Å². The van der Waals surface area contributed by atoms with Crippen molar-refractivity contribution in [3.63, 3.8) is 0 Å². The third-order valence-electron chi connectivity index (χ3n) is 3.49. The van der Waals surface area contributed by atoms with E-state index in [2.05, 4.69) is 0 Å². The number of hydrogen-bond acceptors (Lipinski definition) is 5. The maximum Gasteiger partial charge on any atom is 0.245 e. The zero-order valence-electron chi connectivity index (χ0n) is 11.8. The van der Waals surface area contributed by atoms with Crippen LogP contribution < -0.4 is 10.5 Å². The second-order valence-corrected chi connectivity index (χ2v) is 5.13. The first-order chi connectivity index (χ1) is 9.46. The van der Waals surface area contributed by atoms with Crippen LogP contribution in [0.1, 0.15) is 12.0 Å². The maximum atomic E-state index is 12.3. The Bertz CT molecular complexity index is 498. The van der Waals surface area contributed by atoms with Crippen LogP contribution in [0, 0.1) is 0 Å². The third-order valence-corrected chi connectivity index (χ3v) is 3.49. The summed E-state index contributed by atoms with van der Waals surface area (Å²) in [6, 6.07) is 4.99. The predicted octanol–water partition coefficient (Wildman–Crippen LogP) is 0.477. The smallest absolute Gasteiger partial charge is 0.245 e. The van der Waals surface area contributed by atoms with Crippen LogP contribution >= 0.6 is 0 Å². The Hall–Kier alpha value is -1.79. The predicted molar refractivity (Wildman–Crippen MR) is 73.5 cm³/mol. The summed E-state index contributed by atoms with van der Waals surface area (Å²) in [6.07, 6.45) is 0.537. The first-order valence-electron chi connectivity index (χ1n) is 6.44. The van der Waals surface area contributed by atoms with Crippen LogP contribution in [0.5, 0.6) is 11.5 Å². The van der Waals surface area contributed by atoms with E-state index in [0.29, 0.717) is 25.3 Å². The van der Waals surface area contributed by atoms with Crippen molar-refractivity contribution in [3.8, 4) is 11.5 Å². The molecule has 1 amide bonds. The summed E-state index contributed by atoms with van der Waals surface area (Å²) >= 11 is 0. The molecule has 0 bridgehead atoms. The van der Waals surface area contributed by atoms with Crippen LogP contribution in [-0.4, -0.2) is 48.8 Å². The molecular weight excluding hydrogens is 260 g/mol. The van der Waals surface area contributed by atoms with E-state index in [4.69, 9.17) is 15.2 Å². The average Bonchev–Trinajstić information content (AvgIpc) is 2.88. The van der Waals surface area contributed by atoms with Crippen molar-refractivity contribution in [2.24, 2.45) is 5.73 Å². The van der Waals surface area contributed by atoms with Gasteiger partial charge in [-0.2, -0.15) is 0 Å². The van der Waals surface area contributed by atoms with E-state index in [1.165, 1.54) is 7.11 Å². The van der Waals surface area contributed by atoms with E-state index in [0.717, 1.165) is 5.56 Å². The van der Waals surface area contributed by atoms with Gasteiger partial charge in [-0.1, -0.05) is 6.07 Å². The van der Waals surface area contributed by atoms with Gasteiger partial charge in [-0.3, -0.25) is 4.79 Å². The summed E-state index contributed by atoms with van der Waals surface area (Å²) in [5, 5.41) is 9.55. The molecule has 1 unspecified atom stereocenters. The zero-order chi connectivity index (χ0) is 14.8. The number of nitrogens with two attached hydrogens (primary N) is 1. The monoisotopic (exact) mass is 280 g/mol. The number of phenols is 1. The van der Waals surface area contributed by atoms with Gasteiger partial charge in [-0.05, 0) is 24.1 Å². The van der Waals surface area contributed by atoms with E-state index in [1.807, 2.05) is 0 Å². The molecule has 6 nitrogen and oxygen atoms in total. The second kappa shape index (κ2) is 5.68. The number of likely N-dealkylation sites (N-methyl/N-ethyl adjacent to an activating group) is 1. The molecular formula is C14H20N2O4. The molecule has 1 fully saturated rings. The third kappa shape index (κ3) is 2.86. The lowest BCUT2D eigenvalue weighted by atomic mass is 9.98. The van der Waals surface area contributed by atoms with Crippen LogP contribution in [0.2, 0.25) is 0 Å². The SMILES string of the molecule is COc1cc(CN(C)C(=O)C2(N)CCOC2)ccc1O. The van der Waals surface area contributed by atoms with E-state index in [-0.39, 0.29) is 18.3 Å². The first-order valence-corrected chi connectivity index (χ1v) is 6.44. The van der Waals surface area contributed by atoms with E-state index >= 15 is 0 Å². The van der Waals surface area contributed by atoms with Crippen LogP contribution in [0.15, 0.2) is 18.2 Å². The average molecular weight is 280 g/mol. The molecule has 0 spiro atoms. The fourth-order valence-electron chi connectivity index (χ4n) is 2.30. The molecule has 1 aromatic rings. The van der Waals surface area contributed by atoms with Gasteiger partial charge in [0, 0.05) is 20.2 Å². The number of nitrogens with zero attached hydrogens (tertiary/aromatic N) is 1. The van der Waals surface area contributed by atoms with E-state index < -0.39 is 5.54 Å². The van der Waals surface area contributed by atoms with Gasteiger partial charge in [0.1, 0.15) is 5.54 Å². The van der Waals surface area contributed by atoms with E-state index in [1.54, 1.807) is 30.1 Å². The number of ether oxygens (including phenoxy) is 2. The lowest BCUT2D eigenvalue weighted by Crippen LogP contribution is -2.54. The Balaban J connectivity index is 2.07. The van der Waals surface area contributed by atoms with Gasteiger partial charge in [-0.15, -0.1) is 0 Å². The van der Waals surface area contributed by atoms with Crippen molar-refractivity contribution in [1.82, 2.24) is 4.90 Å². The van der Waals surface area contributed by atoms with E-state index in [9.17, 15) is 9.90 Å². The highest BCUT2D eigenvalue weighted by atomic mass is 16.5. The second-order valence-electron chi connectivity index (χ2n) is 5.13. The van der Waals surface area contributed by atoms with Crippen molar-refractivity contribution in [2.45, 2.75) is 18.5 Å². The van der Waals surface area contributed by atoms with Crippen molar-refractivity contribution in [2.75, 3.05) is 27.4 Å². The van der Waals surface area contributed by atoms with Gasteiger partial charge in [-0.25, -0.2) is 0 Å². The number of methoxy groups -OCH3 is 1. The minimum Gasteiger partial charge on any atom is -0.504 e. The van der Waals surface area contributed by atoms with Crippen molar-refractivity contribution in [3.05, 3.63) is 23.8 Å². The number of carbonyl (C=O) groups is 1. The minimum atomic E-state index is -0.921. The molecule has 110 valence electrons. The fourth-order valence-corrected chi connectivity index (χ4v) is 2.30. The lowest BCUT2D eigenvalue weighted by Gasteiger charge is -2.27. The number of benzene rings is 1. The van der Waals surface area contributed by atoms with Gasteiger partial charge in [0.2, 0.25) is 5.91 Å². The summed E-state index contributed by atoms with van der Waals surface area (Å²) < 4.78 is 10.3. The normalized spacial score (nSPS) is 21.8. The number of phenolic OH excluding ortho intramolecular Hbond substituents is 1. The Morgan fingerprint density at radius 2 is 2.35 bits per heavy atom. The van der Waals surface area contributed by atoms with Crippen molar-refractivity contribution >= 4 is 5.91 Å². The highest BCUT2D eigenvalue weighted by Crippen LogP contribution is 2.27. The highest BCUT2D eigenvalue weighted by molar-refractivity contribution is 5.86. The van der Waals surface area contributed by atoms with Crippen molar-refractivity contribution in [1.29, 1.82) is 0 Å². The molecule has 20 heavy (non-hydrogen) atoms. The molecule has 2 rings (SSSR count). The molecule has 0 aliphatic carbocycles. The Kier molecular flexibility index (Phi) is 4.15. The molecule has 0 saturated carbocycles. The largest absolute Gasteiger partial charge is 0.504 e. The molecule has 1 aromatic carbocycles. The maximum absolute atomic E-state index is 12.3. The highest BCUT2D eigenvalue weighted by Gasteiger charge is 2.40. The number of amides is 1. The summed E-state index contributed by atoms with van der Waals surface area (Å²) in [6.45, 7) is 1.17. The topological polar surface area (TPSA) is 85.0 Å². The number of hydrogen-bond donors (Lipinski definition) is 2. The van der Waals surface area contributed by atoms with Crippen LogP contribution in [0.3, 0.4) is 0 Å². The minimum absolute atomic E-state index is 0.0738. The van der Waals surface area contributed by atoms with Gasteiger partial charge in [0.15, 0.2) is 11.5 Å². The van der Waals surface area contributed by atoms with Gasteiger partial charge in [0.25, 0.3) is 0 Å². The molecule has 1 aliphatic rings. The zero-order valence-corrected chi connectivity index (χ0v) is 11.8. The molecule has 1 heterocycles. The standard InChI is InChI=1S/C14H20N2O4/c1-16(13(18)14(15)5-6-20-9-14)8-10-3-4-11(17)12(7-10)19-2/h3-4,7,17H,5-6,8-9,15H2,1-2H3. The summed E-state index contributed by atoms with van der Waals surface area (Å²) in [5.74, 6) is 0.321.